The summed E-state index contributed by atoms with van der Waals surface area (Å²) in [6, 6.07) is 42.0. The lowest BCUT2D eigenvalue weighted by Crippen LogP contribution is -1.94. The number of hydrogen-bond acceptors (Lipinski definition) is 2. The largest absolute Gasteiger partial charge is 0.454 e. The molecular weight excluding hydrogens is 518 g/mol. The monoisotopic (exact) mass is 543 g/mol. The van der Waals surface area contributed by atoms with Crippen molar-refractivity contribution in [3.63, 3.8) is 0 Å². The first kappa shape index (κ1) is 22.9. The molecule has 0 saturated carbocycles. The number of aromatic nitrogens is 1. The lowest BCUT2D eigenvalue weighted by atomic mass is 9.98. The maximum absolute atomic E-state index is 6.73. The van der Waals surface area contributed by atoms with Crippen molar-refractivity contribution in [3.05, 3.63) is 126 Å². The van der Waals surface area contributed by atoms with Gasteiger partial charge in [0.25, 0.3) is 0 Å². The molecule has 0 fully saturated rings. The van der Waals surface area contributed by atoms with Crippen molar-refractivity contribution in [1.82, 2.24) is 4.57 Å². The van der Waals surface area contributed by atoms with E-state index in [0.717, 1.165) is 27.6 Å². The van der Waals surface area contributed by atoms with E-state index < -0.39 is 0 Å². The summed E-state index contributed by atoms with van der Waals surface area (Å²) in [6.45, 7) is 4.33. The molecule has 0 spiro atoms. The third-order valence-corrected chi connectivity index (χ3v) is 9.64. The summed E-state index contributed by atoms with van der Waals surface area (Å²) in [7, 11) is 0. The summed E-state index contributed by atoms with van der Waals surface area (Å²) < 4.78 is 11.7. The first-order chi connectivity index (χ1) is 20.1. The van der Waals surface area contributed by atoms with Gasteiger partial charge in [-0.15, -0.1) is 11.3 Å². The number of para-hydroxylation sites is 1. The molecule has 2 nitrogen and oxygen atoms in total. The second-order valence-corrected chi connectivity index (χ2v) is 12.2. The van der Waals surface area contributed by atoms with Gasteiger partial charge in [-0.3, -0.25) is 0 Å². The van der Waals surface area contributed by atoms with Crippen LogP contribution >= 0.6 is 11.3 Å². The number of benzene rings is 6. The van der Waals surface area contributed by atoms with Crippen LogP contribution in [0.25, 0.3) is 80.7 Å². The number of nitrogens with zero attached hydrogens (tertiary/aromatic N) is 1. The number of rotatable bonds is 2. The molecule has 0 N–H and O–H groups in total. The number of furan rings is 1. The number of fused-ring (bicyclic) bond motifs is 9. The van der Waals surface area contributed by atoms with Crippen LogP contribution in [0.15, 0.2) is 120 Å². The second kappa shape index (κ2) is 8.33. The smallest absolute Gasteiger partial charge is 0.159 e. The van der Waals surface area contributed by atoms with Crippen molar-refractivity contribution in [2.24, 2.45) is 0 Å². The van der Waals surface area contributed by atoms with Crippen LogP contribution in [0.1, 0.15) is 11.1 Å². The Morgan fingerprint density at radius 1 is 0.561 bits per heavy atom. The van der Waals surface area contributed by atoms with Gasteiger partial charge in [-0.25, -0.2) is 0 Å². The summed E-state index contributed by atoms with van der Waals surface area (Å²) in [5.74, 6) is 0. The van der Waals surface area contributed by atoms with E-state index >= 15 is 0 Å². The van der Waals surface area contributed by atoms with E-state index in [1.54, 1.807) is 0 Å². The molecule has 0 radical (unpaired) electrons. The highest BCUT2D eigenvalue weighted by atomic mass is 32.1. The Hall–Kier alpha value is -4.86. The van der Waals surface area contributed by atoms with E-state index in [9.17, 15) is 0 Å². The highest BCUT2D eigenvalue weighted by Crippen LogP contribution is 2.43. The third kappa shape index (κ3) is 3.24. The van der Waals surface area contributed by atoms with E-state index in [2.05, 4.69) is 134 Å². The van der Waals surface area contributed by atoms with Gasteiger partial charge in [-0.05, 0) is 73.5 Å². The average Bonchev–Trinajstić information content (AvgIpc) is 3.66. The third-order valence-electron chi connectivity index (χ3n) is 8.51. The van der Waals surface area contributed by atoms with E-state index in [-0.39, 0.29) is 0 Å². The summed E-state index contributed by atoms with van der Waals surface area (Å²) in [5.41, 5.74) is 10.2. The number of thiophene rings is 1. The molecule has 9 aromatic rings. The number of aryl methyl sites for hydroxylation is 2. The molecule has 3 heteroatoms. The molecule has 0 bridgehead atoms. The van der Waals surface area contributed by atoms with Crippen LogP contribution in [0.4, 0.5) is 0 Å². The quantitative estimate of drug-likeness (QED) is 0.212. The average molecular weight is 544 g/mol. The Morgan fingerprint density at radius 2 is 1.27 bits per heavy atom. The first-order valence-electron chi connectivity index (χ1n) is 14.0. The van der Waals surface area contributed by atoms with Gasteiger partial charge in [0.15, 0.2) is 5.58 Å². The fourth-order valence-corrected chi connectivity index (χ4v) is 7.80. The minimum Gasteiger partial charge on any atom is -0.454 e. The minimum atomic E-state index is 0.911. The topological polar surface area (TPSA) is 18.1 Å². The molecule has 9 rings (SSSR count). The fourth-order valence-electron chi connectivity index (χ4n) is 6.65. The minimum absolute atomic E-state index is 0.911. The highest BCUT2D eigenvalue weighted by molar-refractivity contribution is 7.25. The van der Waals surface area contributed by atoms with Crippen LogP contribution < -0.4 is 0 Å². The van der Waals surface area contributed by atoms with Crippen molar-refractivity contribution >= 4 is 75.3 Å². The van der Waals surface area contributed by atoms with E-state index in [4.69, 9.17) is 4.42 Å². The van der Waals surface area contributed by atoms with Gasteiger partial charge >= 0.3 is 0 Å². The van der Waals surface area contributed by atoms with E-state index in [0.29, 0.717) is 0 Å². The van der Waals surface area contributed by atoms with Crippen LogP contribution in [0, 0.1) is 13.8 Å². The molecule has 41 heavy (non-hydrogen) atoms. The van der Waals surface area contributed by atoms with Crippen molar-refractivity contribution in [2.45, 2.75) is 13.8 Å². The Kier molecular flexibility index (Phi) is 4.65. The van der Waals surface area contributed by atoms with Crippen LogP contribution in [0.3, 0.4) is 0 Å². The number of hydrogen-bond donors (Lipinski definition) is 0. The zero-order valence-electron chi connectivity index (χ0n) is 22.7. The van der Waals surface area contributed by atoms with Crippen LogP contribution in [-0.2, 0) is 0 Å². The van der Waals surface area contributed by atoms with Gasteiger partial charge in [-0.2, -0.15) is 0 Å². The molecule has 0 aliphatic heterocycles. The predicted octanol–water partition coefficient (Wildman–Crippen LogP) is 11.3. The van der Waals surface area contributed by atoms with Crippen molar-refractivity contribution in [3.8, 4) is 16.8 Å². The highest BCUT2D eigenvalue weighted by Gasteiger charge is 2.20. The Bertz CT molecular complexity index is 2450. The Balaban J connectivity index is 1.33. The molecule has 3 heterocycles. The molecule has 194 valence electrons. The van der Waals surface area contributed by atoms with Crippen molar-refractivity contribution in [1.29, 1.82) is 0 Å². The maximum Gasteiger partial charge on any atom is 0.159 e. The zero-order valence-corrected chi connectivity index (χ0v) is 23.5. The van der Waals surface area contributed by atoms with Crippen molar-refractivity contribution < 1.29 is 4.42 Å². The SMILES string of the molecule is Cc1ccc2c(c1)c1cc(C)ccc1n2-c1cccc2c1oc1cccc(-c3ccc4c(c3)sc3ccccc34)c12. The standard InChI is InChI=1S/C38H25NOS/c1-22-13-17-31-29(19-22)30-20-23(2)14-18-32(30)39(31)33-10-5-9-28-37-25(8-6-11-34(37)40-38(28)33)24-15-16-27-26-7-3-4-12-35(26)41-36(27)21-24/h3-21H,1-2H3. The van der Waals surface area contributed by atoms with Gasteiger partial charge in [0, 0.05) is 41.7 Å². The first-order valence-corrected chi connectivity index (χ1v) is 14.8. The molecule has 0 aliphatic carbocycles. The molecule has 0 unspecified atom stereocenters. The van der Waals surface area contributed by atoms with Gasteiger partial charge in [0.1, 0.15) is 5.58 Å². The van der Waals surface area contributed by atoms with Crippen LogP contribution in [-0.4, -0.2) is 4.57 Å². The summed E-state index contributed by atoms with van der Waals surface area (Å²) in [4.78, 5) is 0. The predicted molar refractivity (Wildman–Crippen MR) is 176 cm³/mol. The molecule has 0 amide bonds. The van der Waals surface area contributed by atoms with Crippen LogP contribution in [0.5, 0.6) is 0 Å². The summed E-state index contributed by atoms with van der Waals surface area (Å²) in [5, 5.41) is 7.49. The van der Waals surface area contributed by atoms with Crippen molar-refractivity contribution in [2.75, 3.05) is 0 Å². The van der Waals surface area contributed by atoms with Gasteiger partial charge in [0.2, 0.25) is 0 Å². The summed E-state index contributed by atoms with van der Waals surface area (Å²) >= 11 is 1.86. The molecule has 6 aromatic carbocycles. The summed E-state index contributed by atoms with van der Waals surface area (Å²) in [6.07, 6.45) is 0. The zero-order chi connectivity index (χ0) is 27.2. The Morgan fingerprint density at radius 3 is 2.07 bits per heavy atom. The maximum atomic E-state index is 6.73. The van der Waals surface area contributed by atoms with Crippen LogP contribution in [0.2, 0.25) is 0 Å². The van der Waals surface area contributed by atoms with E-state index in [1.165, 1.54) is 64.2 Å². The normalized spacial score (nSPS) is 12.1. The molecular formula is C38H25NOS. The molecule has 0 atom stereocenters. The van der Waals surface area contributed by atoms with E-state index in [1.807, 2.05) is 11.3 Å². The van der Waals surface area contributed by atoms with Gasteiger partial charge in [0.05, 0.1) is 16.7 Å². The molecule has 3 aromatic heterocycles. The Labute approximate surface area is 240 Å². The van der Waals surface area contributed by atoms with Gasteiger partial charge in [-0.1, -0.05) is 77.9 Å². The fraction of sp³-hybridized carbons (Fsp3) is 0.0526. The van der Waals surface area contributed by atoms with Gasteiger partial charge < -0.3 is 8.98 Å². The molecule has 0 aliphatic rings. The molecule has 0 saturated heterocycles. The lowest BCUT2D eigenvalue weighted by molar-refractivity contribution is 0.666. The lowest BCUT2D eigenvalue weighted by Gasteiger charge is -2.09. The second-order valence-electron chi connectivity index (χ2n) is 11.1.